The van der Waals surface area contributed by atoms with E-state index in [1.165, 1.54) is 0 Å². The Labute approximate surface area is 137 Å². The molecule has 1 aromatic rings. The highest BCUT2D eigenvalue weighted by Gasteiger charge is 2.27. The average molecular weight is 343 g/mol. The second-order valence-corrected chi connectivity index (χ2v) is 7.86. The van der Waals surface area contributed by atoms with Crippen LogP contribution in [0.3, 0.4) is 0 Å². The predicted molar refractivity (Wildman–Crippen MR) is 89.1 cm³/mol. The first-order chi connectivity index (χ1) is 11.1. The molecule has 1 atom stereocenters. The van der Waals surface area contributed by atoms with Crippen LogP contribution in [-0.2, 0) is 21.2 Å². The van der Waals surface area contributed by atoms with Gasteiger partial charge < -0.3 is 19.8 Å². The summed E-state index contributed by atoms with van der Waals surface area (Å²) >= 11 is 0. The van der Waals surface area contributed by atoms with E-state index in [0.717, 1.165) is 25.1 Å². The van der Waals surface area contributed by atoms with Crippen molar-refractivity contribution in [2.45, 2.75) is 19.4 Å². The summed E-state index contributed by atoms with van der Waals surface area (Å²) < 4.78 is 33.5. The van der Waals surface area contributed by atoms with Gasteiger partial charge in [-0.2, -0.15) is 0 Å². The number of rotatable bonds is 8. The van der Waals surface area contributed by atoms with Crippen LogP contribution in [0.15, 0.2) is 27.8 Å². The smallest absolute Gasteiger partial charge is 0.190 e. The van der Waals surface area contributed by atoms with Crippen LogP contribution in [0.5, 0.6) is 0 Å². The summed E-state index contributed by atoms with van der Waals surface area (Å²) in [6.45, 7) is 2.48. The third-order valence-electron chi connectivity index (χ3n) is 3.69. The summed E-state index contributed by atoms with van der Waals surface area (Å²) in [6, 6.07) is 3.72. The van der Waals surface area contributed by atoms with Crippen molar-refractivity contribution in [3.05, 3.63) is 24.2 Å². The van der Waals surface area contributed by atoms with Gasteiger partial charge in [0, 0.05) is 26.7 Å². The van der Waals surface area contributed by atoms with Crippen LogP contribution >= 0.6 is 0 Å². The van der Waals surface area contributed by atoms with E-state index in [4.69, 9.17) is 9.15 Å². The maximum Gasteiger partial charge on any atom is 0.190 e. The van der Waals surface area contributed by atoms with Gasteiger partial charge in [0.2, 0.25) is 0 Å². The van der Waals surface area contributed by atoms with E-state index in [0.29, 0.717) is 31.5 Å². The van der Waals surface area contributed by atoms with Gasteiger partial charge in [0.05, 0.1) is 17.8 Å². The molecule has 0 bridgehead atoms. The molecule has 130 valence electrons. The van der Waals surface area contributed by atoms with E-state index in [2.05, 4.69) is 15.6 Å². The van der Waals surface area contributed by atoms with Gasteiger partial charge >= 0.3 is 0 Å². The molecule has 8 heteroatoms. The minimum Gasteiger partial charge on any atom is -0.467 e. The largest absolute Gasteiger partial charge is 0.467 e. The van der Waals surface area contributed by atoms with Gasteiger partial charge in [-0.1, -0.05) is 0 Å². The lowest BCUT2D eigenvalue weighted by molar-refractivity contribution is 0.105. The van der Waals surface area contributed by atoms with Crippen molar-refractivity contribution in [1.29, 1.82) is 0 Å². The molecule has 0 radical (unpaired) electrons. The normalized spacial score (nSPS) is 20.6. The lowest BCUT2D eigenvalue weighted by Gasteiger charge is -2.14. The third-order valence-corrected chi connectivity index (χ3v) is 5.53. The number of hydrogen-bond acceptors (Lipinski definition) is 5. The van der Waals surface area contributed by atoms with Crippen LogP contribution in [0.2, 0.25) is 0 Å². The standard InChI is InChI=1S/C15H25N3O4S/c1-16-15(18-10-13-5-9-23(19,20)12-13)17-6-3-7-21-11-14-4-2-8-22-14/h2,4,8,13H,3,5-7,9-12H2,1H3,(H2,16,17,18). The summed E-state index contributed by atoms with van der Waals surface area (Å²) in [5.74, 6) is 2.27. The Morgan fingerprint density at radius 2 is 2.35 bits per heavy atom. The molecule has 1 unspecified atom stereocenters. The number of guanidine groups is 1. The van der Waals surface area contributed by atoms with Gasteiger partial charge in [-0.05, 0) is 30.9 Å². The first-order valence-electron chi connectivity index (χ1n) is 7.84. The van der Waals surface area contributed by atoms with Gasteiger partial charge in [-0.15, -0.1) is 0 Å². The molecule has 1 aliphatic rings. The molecule has 1 saturated heterocycles. The summed E-state index contributed by atoms with van der Waals surface area (Å²) in [4.78, 5) is 4.13. The topological polar surface area (TPSA) is 92.9 Å². The number of nitrogens with one attached hydrogen (secondary N) is 2. The van der Waals surface area contributed by atoms with Gasteiger partial charge in [0.1, 0.15) is 12.4 Å². The molecule has 0 aromatic carbocycles. The van der Waals surface area contributed by atoms with Crippen LogP contribution in [0.4, 0.5) is 0 Å². The lowest BCUT2D eigenvalue weighted by Crippen LogP contribution is -2.40. The molecular weight excluding hydrogens is 318 g/mol. The third kappa shape index (κ3) is 6.62. The first kappa shape index (κ1) is 17.8. The number of nitrogens with zero attached hydrogens (tertiary/aromatic N) is 1. The zero-order valence-corrected chi connectivity index (χ0v) is 14.3. The summed E-state index contributed by atoms with van der Waals surface area (Å²) in [5.41, 5.74) is 0. The zero-order valence-electron chi connectivity index (χ0n) is 13.5. The fraction of sp³-hybridized carbons (Fsp3) is 0.667. The molecular formula is C15H25N3O4S. The molecule has 0 aliphatic carbocycles. The van der Waals surface area contributed by atoms with Crippen molar-refractivity contribution >= 4 is 15.8 Å². The van der Waals surface area contributed by atoms with Gasteiger partial charge in [0.25, 0.3) is 0 Å². The SMILES string of the molecule is CN=C(NCCCOCc1ccco1)NCC1CCS(=O)(=O)C1. The number of furan rings is 1. The highest BCUT2D eigenvalue weighted by molar-refractivity contribution is 7.91. The quantitative estimate of drug-likeness (QED) is 0.412. The Morgan fingerprint density at radius 1 is 1.48 bits per heavy atom. The number of sulfone groups is 1. The highest BCUT2D eigenvalue weighted by Crippen LogP contribution is 2.17. The van der Waals surface area contributed by atoms with Gasteiger partial charge in [0.15, 0.2) is 15.8 Å². The Kier molecular flexibility index (Phi) is 6.91. The highest BCUT2D eigenvalue weighted by atomic mass is 32.2. The van der Waals surface area contributed by atoms with E-state index in [-0.39, 0.29) is 11.7 Å². The van der Waals surface area contributed by atoms with E-state index in [1.807, 2.05) is 12.1 Å². The zero-order chi connectivity index (χ0) is 16.5. The number of ether oxygens (including phenoxy) is 1. The molecule has 1 fully saturated rings. The number of hydrogen-bond donors (Lipinski definition) is 2. The minimum absolute atomic E-state index is 0.176. The van der Waals surface area contributed by atoms with Crippen LogP contribution in [0.25, 0.3) is 0 Å². The molecule has 7 nitrogen and oxygen atoms in total. The van der Waals surface area contributed by atoms with Crippen LogP contribution in [0.1, 0.15) is 18.6 Å². The molecule has 0 spiro atoms. The molecule has 2 N–H and O–H groups in total. The Balaban J connectivity index is 1.53. The summed E-state index contributed by atoms with van der Waals surface area (Å²) in [6.07, 6.45) is 3.21. The van der Waals surface area contributed by atoms with Gasteiger partial charge in [-0.25, -0.2) is 8.42 Å². The van der Waals surface area contributed by atoms with Crippen LogP contribution < -0.4 is 10.6 Å². The monoisotopic (exact) mass is 343 g/mol. The molecule has 1 aliphatic heterocycles. The Bertz CT molecular complexity index is 584. The molecule has 0 saturated carbocycles. The molecule has 2 rings (SSSR count). The van der Waals surface area contributed by atoms with Crippen molar-refractivity contribution in [1.82, 2.24) is 10.6 Å². The second-order valence-electron chi connectivity index (χ2n) is 5.63. The molecule has 1 aromatic heterocycles. The van der Waals surface area contributed by atoms with Crippen molar-refractivity contribution in [3.63, 3.8) is 0 Å². The van der Waals surface area contributed by atoms with Crippen molar-refractivity contribution in [2.24, 2.45) is 10.9 Å². The lowest BCUT2D eigenvalue weighted by atomic mass is 10.1. The first-order valence-corrected chi connectivity index (χ1v) is 9.66. The van der Waals surface area contributed by atoms with Crippen LogP contribution in [-0.4, -0.2) is 52.6 Å². The van der Waals surface area contributed by atoms with Crippen molar-refractivity contribution in [3.8, 4) is 0 Å². The Hall–Kier alpha value is -1.54. The summed E-state index contributed by atoms with van der Waals surface area (Å²) in [5, 5.41) is 6.37. The van der Waals surface area contributed by atoms with E-state index in [1.54, 1.807) is 13.3 Å². The molecule has 0 amide bonds. The minimum atomic E-state index is -2.82. The number of aliphatic imine (C=N–C) groups is 1. The maximum atomic E-state index is 11.4. The maximum absolute atomic E-state index is 11.4. The van der Waals surface area contributed by atoms with Gasteiger partial charge in [-0.3, -0.25) is 4.99 Å². The van der Waals surface area contributed by atoms with Crippen LogP contribution in [0, 0.1) is 5.92 Å². The Morgan fingerprint density at radius 3 is 3.00 bits per heavy atom. The second kappa shape index (κ2) is 8.93. The van der Waals surface area contributed by atoms with E-state index >= 15 is 0 Å². The average Bonchev–Trinajstić information content (AvgIpc) is 3.15. The van der Waals surface area contributed by atoms with E-state index < -0.39 is 9.84 Å². The predicted octanol–water partition coefficient (Wildman–Crippen LogP) is 0.786. The van der Waals surface area contributed by atoms with Crippen molar-refractivity contribution < 1.29 is 17.6 Å². The molecule has 2 heterocycles. The summed E-state index contributed by atoms with van der Waals surface area (Å²) in [7, 11) is -1.12. The fourth-order valence-corrected chi connectivity index (χ4v) is 4.30. The van der Waals surface area contributed by atoms with Crippen molar-refractivity contribution in [2.75, 3.05) is 38.2 Å². The van der Waals surface area contributed by atoms with E-state index in [9.17, 15) is 8.42 Å². The molecule has 23 heavy (non-hydrogen) atoms. The fourth-order valence-electron chi connectivity index (χ4n) is 2.44.